The highest BCUT2D eigenvalue weighted by molar-refractivity contribution is 5.02. The molecule has 134 valence electrons. The summed E-state index contributed by atoms with van der Waals surface area (Å²) in [5, 5.41) is 0. The standard InChI is InChI=1S/C23H42/c1-3-5-7-13-22-14-17-23(18-15-22,19-16-22)21-11-9-20(10-12-21)8-6-4-2/h20-21H,3-19H2,1-2H3/t20-,21-,22?,23?. The fourth-order valence-electron chi connectivity index (χ4n) is 6.59. The van der Waals surface area contributed by atoms with Gasteiger partial charge in [0.1, 0.15) is 0 Å². The average molecular weight is 319 g/mol. The summed E-state index contributed by atoms with van der Waals surface area (Å²) in [5.41, 5.74) is 1.61. The maximum atomic E-state index is 2.35. The molecule has 0 N–H and O–H groups in total. The van der Waals surface area contributed by atoms with Crippen molar-refractivity contribution >= 4 is 0 Å². The van der Waals surface area contributed by atoms with Crippen LogP contribution in [0.3, 0.4) is 0 Å². The Bertz CT molecular complexity index is 323. The van der Waals surface area contributed by atoms with Gasteiger partial charge in [0.15, 0.2) is 0 Å². The van der Waals surface area contributed by atoms with Gasteiger partial charge in [-0.05, 0) is 80.5 Å². The fourth-order valence-corrected chi connectivity index (χ4v) is 6.59. The van der Waals surface area contributed by atoms with Crippen molar-refractivity contribution in [1.82, 2.24) is 0 Å². The molecule has 0 amide bonds. The third kappa shape index (κ3) is 3.98. The minimum absolute atomic E-state index is 0.801. The lowest BCUT2D eigenvalue weighted by Gasteiger charge is -2.58. The molecule has 2 bridgehead atoms. The lowest BCUT2D eigenvalue weighted by molar-refractivity contribution is -0.0654. The summed E-state index contributed by atoms with van der Waals surface area (Å²) in [6.45, 7) is 4.70. The molecule has 0 heterocycles. The van der Waals surface area contributed by atoms with E-state index in [-0.39, 0.29) is 0 Å². The normalized spacial score (nSPS) is 40.4. The highest BCUT2D eigenvalue weighted by atomic mass is 14.6. The van der Waals surface area contributed by atoms with E-state index >= 15 is 0 Å². The first-order valence-electron chi connectivity index (χ1n) is 11.2. The molecule has 23 heavy (non-hydrogen) atoms. The van der Waals surface area contributed by atoms with Gasteiger partial charge in [0.2, 0.25) is 0 Å². The van der Waals surface area contributed by atoms with Gasteiger partial charge in [-0.15, -0.1) is 0 Å². The molecule has 0 aromatic heterocycles. The third-order valence-electron chi connectivity index (χ3n) is 8.45. The largest absolute Gasteiger partial charge is 0.0654 e. The Morgan fingerprint density at radius 2 is 1.30 bits per heavy atom. The molecule has 0 aromatic carbocycles. The molecule has 4 aliphatic rings. The number of unbranched alkanes of at least 4 members (excludes halogenated alkanes) is 3. The molecule has 0 spiro atoms. The van der Waals surface area contributed by atoms with Crippen molar-refractivity contribution < 1.29 is 0 Å². The Hall–Kier alpha value is 0. The monoisotopic (exact) mass is 318 g/mol. The zero-order chi connectivity index (χ0) is 16.2. The van der Waals surface area contributed by atoms with Gasteiger partial charge in [-0.2, -0.15) is 0 Å². The number of hydrogen-bond donors (Lipinski definition) is 0. The maximum absolute atomic E-state index is 2.35. The minimum Gasteiger partial charge on any atom is -0.0654 e. The van der Waals surface area contributed by atoms with Crippen LogP contribution < -0.4 is 0 Å². The van der Waals surface area contributed by atoms with Crippen molar-refractivity contribution in [2.24, 2.45) is 22.7 Å². The van der Waals surface area contributed by atoms with Gasteiger partial charge in [-0.25, -0.2) is 0 Å². The SMILES string of the molecule is CCCCCC12CCC([C@H]3CC[C@H](CCCC)CC3)(CC1)CC2. The first-order valence-corrected chi connectivity index (χ1v) is 11.2. The minimum atomic E-state index is 0.801. The van der Waals surface area contributed by atoms with Crippen LogP contribution in [0.25, 0.3) is 0 Å². The summed E-state index contributed by atoms with van der Waals surface area (Å²) in [4.78, 5) is 0. The van der Waals surface area contributed by atoms with E-state index in [9.17, 15) is 0 Å². The Kier molecular flexibility index (Phi) is 6.13. The van der Waals surface area contributed by atoms with Gasteiger partial charge in [0.25, 0.3) is 0 Å². The summed E-state index contributed by atoms with van der Waals surface area (Å²) < 4.78 is 0. The second-order valence-electron chi connectivity index (χ2n) is 9.68. The van der Waals surface area contributed by atoms with Gasteiger partial charge in [0, 0.05) is 0 Å². The Labute approximate surface area is 146 Å². The summed E-state index contributed by atoms with van der Waals surface area (Å²) in [7, 11) is 0. The van der Waals surface area contributed by atoms with E-state index in [2.05, 4.69) is 13.8 Å². The zero-order valence-corrected chi connectivity index (χ0v) is 16.2. The molecule has 0 heteroatoms. The predicted octanol–water partition coefficient (Wildman–Crippen LogP) is 7.90. The van der Waals surface area contributed by atoms with E-state index in [4.69, 9.17) is 0 Å². The van der Waals surface area contributed by atoms with E-state index in [0.717, 1.165) is 22.7 Å². The Balaban J connectivity index is 1.48. The van der Waals surface area contributed by atoms with E-state index < -0.39 is 0 Å². The number of fused-ring (bicyclic) bond motifs is 3. The van der Waals surface area contributed by atoms with Crippen LogP contribution in [-0.2, 0) is 0 Å². The number of rotatable bonds is 8. The lowest BCUT2D eigenvalue weighted by atomic mass is 9.47. The van der Waals surface area contributed by atoms with E-state index in [1.54, 1.807) is 70.6 Å². The molecular weight excluding hydrogens is 276 g/mol. The molecule has 0 aliphatic heterocycles. The van der Waals surface area contributed by atoms with E-state index in [1.165, 1.54) is 38.5 Å². The van der Waals surface area contributed by atoms with Crippen LogP contribution >= 0.6 is 0 Å². The Morgan fingerprint density at radius 1 is 0.696 bits per heavy atom. The molecule has 0 radical (unpaired) electrons. The van der Waals surface area contributed by atoms with Crippen LogP contribution in [0, 0.1) is 22.7 Å². The van der Waals surface area contributed by atoms with Gasteiger partial charge < -0.3 is 0 Å². The molecule has 4 saturated carbocycles. The summed E-state index contributed by atoms with van der Waals surface area (Å²) >= 11 is 0. The van der Waals surface area contributed by atoms with Crippen LogP contribution in [0.2, 0.25) is 0 Å². The maximum Gasteiger partial charge on any atom is -0.0269 e. The molecule has 0 unspecified atom stereocenters. The number of hydrogen-bond acceptors (Lipinski definition) is 0. The topological polar surface area (TPSA) is 0 Å². The quantitative estimate of drug-likeness (QED) is 0.399. The zero-order valence-electron chi connectivity index (χ0n) is 16.2. The van der Waals surface area contributed by atoms with E-state index in [0.29, 0.717) is 0 Å². The van der Waals surface area contributed by atoms with Gasteiger partial charge in [0.05, 0.1) is 0 Å². The summed E-state index contributed by atoms with van der Waals surface area (Å²) in [5.74, 6) is 2.19. The first-order chi connectivity index (χ1) is 11.2. The molecule has 0 aromatic rings. The molecule has 0 nitrogen and oxygen atoms in total. The van der Waals surface area contributed by atoms with Crippen LogP contribution in [-0.4, -0.2) is 0 Å². The van der Waals surface area contributed by atoms with Crippen molar-refractivity contribution in [3.63, 3.8) is 0 Å². The van der Waals surface area contributed by atoms with Crippen molar-refractivity contribution in [2.75, 3.05) is 0 Å². The van der Waals surface area contributed by atoms with Crippen molar-refractivity contribution in [2.45, 2.75) is 123 Å². The predicted molar refractivity (Wildman–Crippen MR) is 102 cm³/mol. The van der Waals surface area contributed by atoms with Crippen molar-refractivity contribution in [1.29, 1.82) is 0 Å². The van der Waals surface area contributed by atoms with Crippen molar-refractivity contribution in [3.8, 4) is 0 Å². The molecule has 0 atom stereocenters. The van der Waals surface area contributed by atoms with Crippen molar-refractivity contribution in [3.05, 3.63) is 0 Å². The van der Waals surface area contributed by atoms with Crippen LogP contribution in [0.15, 0.2) is 0 Å². The molecule has 4 aliphatic carbocycles. The molecule has 4 fully saturated rings. The van der Waals surface area contributed by atoms with Crippen LogP contribution in [0.1, 0.15) is 123 Å². The summed E-state index contributed by atoms with van der Waals surface area (Å²) in [6.07, 6.45) is 26.2. The van der Waals surface area contributed by atoms with Gasteiger partial charge in [-0.3, -0.25) is 0 Å². The first kappa shape index (κ1) is 17.8. The van der Waals surface area contributed by atoms with Crippen LogP contribution in [0.5, 0.6) is 0 Å². The van der Waals surface area contributed by atoms with Gasteiger partial charge in [-0.1, -0.05) is 65.2 Å². The molecule has 4 rings (SSSR count). The lowest BCUT2D eigenvalue weighted by Crippen LogP contribution is -2.46. The average Bonchev–Trinajstić information content (AvgIpc) is 2.62. The highest BCUT2D eigenvalue weighted by Crippen LogP contribution is 2.63. The Morgan fingerprint density at radius 3 is 1.87 bits per heavy atom. The molecule has 0 saturated heterocycles. The van der Waals surface area contributed by atoms with Crippen LogP contribution in [0.4, 0.5) is 0 Å². The third-order valence-corrected chi connectivity index (χ3v) is 8.45. The second-order valence-corrected chi connectivity index (χ2v) is 9.68. The fraction of sp³-hybridized carbons (Fsp3) is 1.00. The van der Waals surface area contributed by atoms with E-state index in [1.807, 2.05) is 0 Å². The van der Waals surface area contributed by atoms with Gasteiger partial charge >= 0.3 is 0 Å². The molecular formula is C23H42. The smallest absolute Gasteiger partial charge is 0.0269 e. The second kappa shape index (κ2) is 7.92. The summed E-state index contributed by atoms with van der Waals surface area (Å²) in [6, 6.07) is 0. The highest BCUT2D eigenvalue weighted by Gasteiger charge is 2.51.